The smallest absolute Gasteiger partial charge is 0.251 e. The summed E-state index contributed by atoms with van der Waals surface area (Å²) < 4.78 is 0. The molecular formula is C42H57N7O3. The number of H-pyrrole nitrogens is 1. The average molecular weight is 708 g/mol. The van der Waals surface area contributed by atoms with Crippen LogP contribution >= 0.6 is 0 Å². The largest absolute Gasteiger partial charge is 0.393 e. The fourth-order valence-electron chi connectivity index (χ4n) is 13.2. The molecule has 5 aliphatic carbocycles. The minimum absolute atomic E-state index is 0.0198. The number of carbonyl (C=O) groups excluding carboxylic acids is 2. The Morgan fingerprint density at radius 3 is 2.52 bits per heavy atom. The van der Waals surface area contributed by atoms with Crippen LogP contribution < -0.4 is 10.6 Å². The van der Waals surface area contributed by atoms with Crippen LogP contribution in [0.2, 0.25) is 0 Å². The van der Waals surface area contributed by atoms with Crippen molar-refractivity contribution in [3.8, 4) is 11.4 Å². The van der Waals surface area contributed by atoms with E-state index in [1.165, 1.54) is 38.5 Å². The Balaban J connectivity index is 0.875. The molecule has 278 valence electrons. The van der Waals surface area contributed by atoms with Gasteiger partial charge in [0.1, 0.15) is 0 Å². The number of aliphatic hydroxyl groups excluding tert-OH is 1. The molecule has 9 atom stereocenters. The third kappa shape index (κ3) is 5.78. The Kier molecular flexibility index (Phi) is 9.07. The van der Waals surface area contributed by atoms with Crippen LogP contribution in [-0.2, 0) is 17.8 Å². The van der Waals surface area contributed by atoms with E-state index >= 15 is 0 Å². The number of fused-ring (bicyclic) bond motifs is 7. The van der Waals surface area contributed by atoms with Crippen molar-refractivity contribution in [1.82, 2.24) is 36.2 Å². The Labute approximate surface area is 308 Å². The molecule has 10 nitrogen and oxygen atoms in total. The second-order valence-corrected chi connectivity index (χ2v) is 18.2. The first-order valence-corrected chi connectivity index (χ1v) is 20.0. The molecule has 4 N–H and O–H groups in total. The molecule has 52 heavy (non-hydrogen) atoms. The lowest BCUT2D eigenvalue weighted by atomic mass is 9.36. The van der Waals surface area contributed by atoms with Gasteiger partial charge < -0.3 is 15.7 Å². The van der Waals surface area contributed by atoms with Crippen molar-refractivity contribution in [1.29, 1.82) is 0 Å². The third-order valence-corrected chi connectivity index (χ3v) is 15.7. The van der Waals surface area contributed by atoms with Crippen molar-refractivity contribution in [2.24, 2.45) is 51.2 Å². The topological polar surface area (TPSA) is 146 Å². The number of hydrogen-bond acceptors (Lipinski definition) is 7. The van der Waals surface area contributed by atoms with Gasteiger partial charge in [0.2, 0.25) is 11.7 Å². The summed E-state index contributed by atoms with van der Waals surface area (Å²) in [6, 6.07) is 11.4. The van der Waals surface area contributed by atoms with E-state index in [0.717, 1.165) is 48.9 Å². The summed E-state index contributed by atoms with van der Waals surface area (Å²) in [6.07, 6.45) is 14.8. The monoisotopic (exact) mass is 707 g/mol. The Bertz CT molecular complexity index is 1780. The highest BCUT2D eigenvalue weighted by molar-refractivity contribution is 5.94. The highest BCUT2D eigenvalue weighted by Crippen LogP contribution is 2.73. The minimum Gasteiger partial charge on any atom is -0.393 e. The number of hydrogen-bond donors (Lipinski definition) is 4. The number of aromatic amines is 1. The Hall–Kier alpha value is -3.66. The van der Waals surface area contributed by atoms with Gasteiger partial charge in [-0.15, -0.1) is 10.2 Å². The van der Waals surface area contributed by atoms with E-state index in [2.05, 4.69) is 63.9 Å². The number of aliphatic hydroxyl groups is 1. The van der Waals surface area contributed by atoms with Crippen LogP contribution in [-0.4, -0.2) is 55.2 Å². The molecule has 0 radical (unpaired) electrons. The van der Waals surface area contributed by atoms with Crippen molar-refractivity contribution in [3.05, 3.63) is 59.4 Å². The van der Waals surface area contributed by atoms with Gasteiger partial charge >= 0.3 is 0 Å². The molecule has 0 saturated heterocycles. The number of nitrogens with one attached hydrogen (secondary N) is 3. The normalized spacial score (nSPS) is 36.1. The van der Waals surface area contributed by atoms with Gasteiger partial charge in [-0.3, -0.25) is 14.6 Å². The number of aromatic nitrogens is 5. The zero-order valence-electron chi connectivity index (χ0n) is 31.5. The Morgan fingerprint density at radius 1 is 0.885 bits per heavy atom. The van der Waals surface area contributed by atoms with Crippen LogP contribution in [0.1, 0.15) is 120 Å². The summed E-state index contributed by atoms with van der Waals surface area (Å²) in [5.74, 6) is 3.69. The summed E-state index contributed by atoms with van der Waals surface area (Å²) >= 11 is 0. The first-order valence-electron chi connectivity index (χ1n) is 20.0. The molecular weight excluding hydrogens is 651 g/mol. The van der Waals surface area contributed by atoms with Gasteiger partial charge in [0, 0.05) is 23.9 Å². The second kappa shape index (κ2) is 13.3. The van der Waals surface area contributed by atoms with Crippen LogP contribution in [0.4, 0.5) is 0 Å². The van der Waals surface area contributed by atoms with Crippen molar-refractivity contribution in [2.75, 3.05) is 6.54 Å². The predicted molar refractivity (Wildman–Crippen MR) is 198 cm³/mol. The maximum Gasteiger partial charge on any atom is 0.251 e. The van der Waals surface area contributed by atoms with E-state index in [-0.39, 0.29) is 28.7 Å². The number of rotatable bonds is 8. The van der Waals surface area contributed by atoms with Gasteiger partial charge in [-0.05, 0) is 152 Å². The molecule has 9 unspecified atom stereocenters. The fraction of sp³-hybridized carbons (Fsp3) is 0.667. The molecule has 1 aromatic carbocycles. The SMILES string of the molecule is CC1(C)C(O)CCC2(C)C1CCC1(C)C3CCC4(C(=O)NCCc5cccc(C(=O)NCc6ccc(-c7nn[nH]n7)cn6)c5)CCCC4C3CCC12. The lowest BCUT2D eigenvalue weighted by Gasteiger charge is -2.69. The van der Waals surface area contributed by atoms with E-state index in [1.54, 1.807) is 6.20 Å². The molecule has 2 aromatic heterocycles. The second-order valence-electron chi connectivity index (χ2n) is 18.2. The molecule has 8 rings (SSSR count). The number of nitrogens with zero attached hydrogens (tertiary/aromatic N) is 4. The van der Waals surface area contributed by atoms with Crippen LogP contribution in [0.15, 0.2) is 42.6 Å². The first kappa shape index (κ1) is 35.4. The predicted octanol–water partition coefficient (Wildman–Crippen LogP) is 6.68. The number of pyridine rings is 1. The van der Waals surface area contributed by atoms with E-state index in [4.69, 9.17) is 0 Å². The molecule has 0 spiro atoms. The zero-order chi connectivity index (χ0) is 36.3. The fourth-order valence-corrected chi connectivity index (χ4v) is 13.2. The minimum atomic E-state index is -0.234. The molecule has 10 heteroatoms. The summed E-state index contributed by atoms with van der Waals surface area (Å²) in [4.78, 5) is 31.7. The summed E-state index contributed by atoms with van der Waals surface area (Å²) in [6.45, 7) is 10.8. The summed E-state index contributed by atoms with van der Waals surface area (Å²) in [7, 11) is 0. The standard InChI is InChI=1S/C42H57N7O3/c1-39(2)33-15-19-40(3)31-14-21-42(18-6-9-32(42)30(31)12-13-34(40)41(33,4)20-16-35(39)50)38(52)43-22-17-26-7-5-8-27(23-26)37(51)45-25-29-11-10-28(24-44-29)36-46-48-49-47-36/h5,7-8,10-11,23-24,30-35,50H,6,9,12-22,25H2,1-4H3,(H,43,52)(H,45,51)(H,46,47,48,49). The molecule has 2 heterocycles. The molecule has 5 fully saturated rings. The van der Waals surface area contributed by atoms with Crippen molar-refractivity contribution in [2.45, 2.75) is 117 Å². The van der Waals surface area contributed by atoms with Crippen LogP contribution in [0.3, 0.4) is 0 Å². The Morgan fingerprint density at radius 2 is 1.73 bits per heavy atom. The quantitative estimate of drug-likeness (QED) is 0.205. The molecule has 5 saturated carbocycles. The van der Waals surface area contributed by atoms with E-state index in [9.17, 15) is 14.7 Å². The maximum atomic E-state index is 14.2. The van der Waals surface area contributed by atoms with Gasteiger partial charge in [0.25, 0.3) is 5.91 Å². The highest BCUT2D eigenvalue weighted by Gasteiger charge is 2.67. The van der Waals surface area contributed by atoms with Gasteiger partial charge in [-0.1, -0.05) is 46.2 Å². The zero-order valence-corrected chi connectivity index (χ0v) is 31.5. The lowest BCUT2D eigenvalue weighted by Crippen LogP contribution is -2.63. The molecule has 3 aromatic rings. The molecule has 5 aliphatic rings. The number of tetrazole rings is 1. The summed E-state index contributed by atoms with van der Waals surface area (Å²) in [5.41, 5.74) is 3.48. The first-order chi connectivity index (χ1) is 25.0. The molecule has 0 aliphatic heterocycles. The van der Waals surface area contributed by atoms with Crippen LogP contribution in [0, 0.1) is 51.2 Å². The van der Waals surface area contributed by atoms with Gasteiger partial charge in [-0.25, -0.2) is 0 Å². The van der Waals surface area contributed by atoms with Gasteiger partial charge in [0.05, 0.1) is 23.8 Å². The van der Waals surface area contributed by atoms with Gasteiger partial charge in [-0.2, -0.15) is 5.21 Å². The van der Waals surface area contributed by atoms with Crippen LogP contribution in [0.25, 0.3) is 11.4 Å². The number of amides is 2. The molecule has 2 amide bonds. The average Bonchev–Trinajstić information content (AvgIpc) is 3.84. The summed E-state index contributed by atoms with van der Waals surface area (Å²) in [5, 5.41) is 31.3. The highest BCUT2D eigenvalue weighted by atomic mass is 16.3. The number of benzene rings is 1. The van der Waals surface area contributed by atoms with Gasteiger partial charge in [0.15, 0.2) is 0 Å². The maximum absolute atomic E-state index is 14.2. The van der Waals surface area contributed by atoms with Crippen molar-refractivity contribution in [3.63, 3.8) is 0 Å². The van der Waals surface area contributed by atoms with Crippen molar-refractivity contribution >= 4 is 11.8 Å². The van der Waals surface area contributed by atoms with Crippen LogP contribution in [0.5, 0.6) is 0 Å². The van der Waals surface area contributed by atoms with E-state index in [1.807, 2.05) is 36.4 Å². The lowest BCUT2D eigenvalue weighted by molar-refractivity contribution is -0.214. The number of carbonyl (C=O) groups is 2. The third-order valence-electron chi connectivity index (χ3n) is 15.7. The molecule has 0 bridgehead atoms. The van der Waals surface area contributed by atoms with Crippen molar-refractivity contribution < 1.29 is 14.7 Å². The van der Waals surface area contributed by atoms with E-state index < -0.39 is 0 Å². The van der Waals surface area contributed by atoms with E-state index in [0.29, 0.717) is 71.3 Å².